The second-order valence-corrected chi connectivity index (χ2v) is 7.34. The van der Waals surface area contributed by atoms with E-state index < -0.39 is 0 Å². The molecule has 2 fully saturated rings. The third kappa shape index (κ3) is 4.01. The number of amides is 2. The van der Waals surface area contributed by atoms with Gasteiger partial charge < -0.3 is 14.7 Å². The van der Waals surface area contributed by atoms with E-state index in [9.17, 15) is 14.0 Å². The molecule has 0 unspecified atom stereocenters. The predicted octanol–water partition coefficient (Wildman–Crippen LogP) is 2.84. The highest BCUT2D eigenvalue weighted by atomic mass is 19.1. The molecule has 28 heavy (non-hydrogen) atoms. The van der Waals surface area contributed by atoms with Crippen LogP contribution in [-0.4, -0.2) is 49.4 Å². The van der Waals surface area contributed by atoms with Crippen molar-refractivity contribution in [2.45, 2.75) is 19.3 Å². The van der Waals surface area contributed by atoms with Gasteiger partial charge in [0.1, 0.15) is 5.82 Å². The summed E-state index contributed by atoms with van der Waals surface area (Å²) < 4.78 is 13.1. The Morgan fingerprint density at radius 1 is 0.857 bits per heavy atom. The molecular formula is C22H24FN3O2. The van der Waals surface area contributed by atoms with Gasteiger partial charge in [-0.05, 0) is 48.4 Å². The second-order valence-electron chi connectivity index (χ2n) is 7.34. The first-order chi connectivity index (χ1) is 13.6. The SMILES string of the molecule is O=C(Cc1ccc(N2CCCC2=O)cc1)N1CCN(c2ccc(F)cc2)CC1. The summed E-state index contributed by atoms with van der Waals surface area (Å²) in [5.41, 5.74) is 2.86. The zero-order chi connectivity index (χ0) is 19.5. The Labute approximate surface area is 164 Å². The molecule has 0 aliphatic carbocycles. The molecule has 0 saturated carbocycles. The van der Waals surface area contributed by atoms with E-state index in [0.29, 0.717) is 25.9 Å². The minimum Gasteiger partial charge on any atom is -0.368 e. The first-order valence-corrected chi connectivity index (χ1v) is 9.78. The molecule has 0 bridgehead atoms. The molecule has 4 rings (SSSR count). The molecule has 2 aliphatic heterocycles. The molecule has 2 aliphatic rings. The van der Waals surface area contributed by atoms with Crippen molar-refractivity contribution in [2.24, 2.45) is 0 Å². The number of halogens is 1. The van der Waals surface area contributed by atoms with Crippen molar-refractivity contribution in [3.05, 3.63) is 59.9 Å². The molecule has 0 radical (unpaired) electrons. The molecular weight excluding hydrogens is 357 g/mol. The molecule has 0 spiro atoms. The quantitative estimate of drug-likeness (QED) is 0.818. The van der Waals surface area contributed by atoms with Gasteiger partial charge in [0, 0.05) is 50.5 Å². The zero-order valence-corrected chi connectivity index (χ0v) is 15.8. The minimum atomic E-state index is -0.238. The fourth-order valence-corrected chi connectivity index (χ4v) is 3.87. The Hall–Kier alpha value is -2.89. The topological polar surface area (TPSA) is 43.9 Å². The second kappa shape index (κ2) is 8.00. The Kier molecular flexibility index (Phi) is 5.28. The molecule has 2 saturated heterocycles. The number of carbonyl (C=O) groups is 2. The Morgan fingerprint density at radius 3 is 2.11 bits per heavy atom. The summed E-state index contributed by atoms with van der Waals surface area (Å²) in [7, 11) is 0. The zero-order valence-electron chi connectivity index (χ0n) is 15.8. The summed E-state index contributed by atoms with van der Waals surface area (Å²) >= 11 is 0. The number of hydrogen-bond acceptors (Lipinski definition) is 3. The fourth-order valence-electron chi connectivity index (χ4n) is 3.87. The maximum atomic E-state index is 13.1. The highest BCUT2D eigenvalue weighted by molar-refractivity contribution is 5.95. The predicted molar refractivity (Wildman–Crippen MR) is 107 cm³/mol. The number of hydrogen-bond donors (Lipinski definition) is 0. The summed E-state index contributed by atoms with van der Waals surface area (Å²) in [5, 5.41) is 0. The maximum Gasteiger partial charge on any atom is 0.227 e. The molecule has 0 aromatic heterocycles. The lowest BCUT2D eigenvalue weighted by molar-refractivity contribution is -0.130. The largest absolute Gasteiger partial charge is 0.368 e. The molecule has 146 valence electrons. The van der Waals surface area contributed by atoms with Gasteiger partial charge in [-0.25, -0.2) is 4.39 Å². The van der Waals surface area contributed by atoms with Crippen LogP contribution in [0, 0.1) is 5.82 Å². The standard InChI is InChI=1S/C22H24FN3O2/c23-18-5-9-19(10-6-18)24-12-14-25(15-13-24)22(28)16-17-3-7-20(8-4-17)26-11-1-2-21(26)27/h3-10H,1-2,11-16H2. The number of anilines is 2. The van der Waals surface area contributed by atoms with Crippen LogP contribution >= 0.6 is 0 Å². The van der Waals surface area contributed by atoms with E-state index in [0.717, 1.165) is 43.0 Å². The molecule has 2 aromatic carbocycles. The van der Waals surface area contributed by atoms with Crippen molar-refractivity contribution in [2.75, 3.05) is 42.5 Å². The van der Waals surface area contributed by atoms with E-state index in [1.165, 1.54) is 12.1 Å². The van der Waals surface area contributed by atoms with Crippen molar-refractivity contribution in [1.29, 1.82) is 0 Å². The van der Waals surface area contributed by atoms with Gasteiger partial charge in [0.05, 0.1) is 6.42 Å². The van der Waals surface area contributed by atoms with Crippen LogP contribution in [0.1, 0.15) is 18.4 Å². The van der Waals surface area contributed by atoms with Crippen LogP contribution in [0.5, 0.6) is 0 Å². The smallest absolute Gasteiger partial charge is 0.227 e. The lowest BCUT2D eigenvalue weighted by Gasteiger charge is -2.36. The lowest BCUT2D eigenvalue weighted by atomic mass is 10.1. The average molecular weight is 381 g/mol. The van der Waals surface area contributed by atoms with Gasteiger partial charge in [0.25, 0.3) is 0 Å². The van der Waals surface area contributed by atoms with Crippen molar-refractivity contribution in [3.8, 4) is 0 Å². The molecule has 0 atom stereocenters. The third-order valence-corrected chi connectivity index (χ3v) is 5.50. The Morgan fingerprint density at radius 2 is 1.50 bits per heavy atom. The van der Waals surface area contributed by atoms with Crippen LogP contribution in [0.3, 0.4) is 0 Å². The Bertz CT molecular complexity index is 843. The maximum absolute atomic E-state index is 13.1. The van der Waals surface area contributed by atoms with E-state index in [2.05, 4.69) is 4.90 Å². The average Bonchev–Trinajstić information content (AvgIpc) is 3.15. The van der Waals surface area contributed by atoms with Crippen LogP contribution in [0.25, 0.3) is 0 Å². The van der Waals surface area contributed by atoms with Crippen LogP contribution in [-0.2, 0) is 16.0 Å². The van der Waals surface area contributed by atoms with Gasteiger partial charge in [0.15, 0.2) is 0 Å². The van der Waals surface area contributed by atoms with Crippen molar-refractivity contribution < 1.29 is 14.0 Å². The fraction of sp³-hybridized carbons (Fsp3) is 0.364. The monoisotopic (exact) mass is 381 g/mol. The van der Waals surface area contributed by atoms with Crippen molar-refractivity contribution >= 4 is 23.2 Å². The summed E-state index contributed by atoms with van der Waals surface area (Å²) in [4.78, 5) is 30.3. The Balaban J connectivity index is 1.31. The number of benzene rings is 2. The van der Waals surface area contributed by atoms with E-state index in [-0.39, 0.29) is 17.6 Å². The van der Waals surface area contributed by atoms with E-state index in [1.807, 2.05) is 29.2 Å². The van der Waals surface area contributed by atoms with E-state index in [1.54, 1.807) is 17.0 Å². The summed E-state index contributed by atoms with van der Waals surface area (Å²) in [6.07, 6.45) is 1.89. The first-order valence-electron chi connectivity index (χ1n) is 9.78. The highest BCUT2D eigenvalue weighted by Crippen LogP contribution is 2.22. The van der Waals surface area contributed by atoms with E-state index in [4.69, 9.17) is 0 Å². The van der Waals surface area contributed by atoms with Crippen molar-refractivity contribution in [1.82, 2.24) is 4.90 Å². The molecule has 2 heterocycles. The third-order valence-electron chi connectivity index (χ3n) is 5.50. The molecule has 5 nitrogen and oxygen atoms in total. The number of piperazine rings is 1. The van der Waals surface area contributed by atoms with Gasteiger partial charge >= 0.3 is 0 Å². The van der Waals surface area contributed by atoms with Gasteiger partial charge in [-0.1, -0.05) is 12.1 Å². The van der Waals surface area contributed by atoms with Gasteiger partial charge in [-0.2, -0.15) is 0 Å². The normalized spacial score (nSPS) is 17.3. The molecule has 2 amide bonds. The van der Waals surface area contributed by atoms with Gasteiger partial charge in [-0.3, -0.25) is 9.59 Å². The van der Waals surface area contributed by atoms with Crippen LogP contribution in [0.15, 0.2) is 48.5 Å². The number of carbonyl (C=O) groups excluding carboxylic acids is 2. The first kappa shape index (κ1) is 18.5. The van der Waals surface area contributed by atoms with Crippen LogP contribution in [0.2, 0.25) is 0 Å². The summed E-state index contributed by atoms with van der Waals surface area (Å²) in [6, 6.07) is 14.2. The van der Waals surface area contributed by atoms with Crippen LogP contribution in [0.4, 0.5) is 15.8 Å². The van der Waals surface area contributed by atoms with Gasteiger partial charge in [-0.15, -0.1) is 0 Å². The number of nitrogens with zero attached hydrogens (tertiary/aromatic N) is 3. The van der Waals surface area contributed by atoms with Crippen LogP contribution < -0.4 is 9.80 Å². The molecule has 2 aromatic rings. The summed E-state index contributed by atoms with van der Waals surface area (Å²) in [5.74, 6) is 0.0456. The minimum absolute atomic E-state index is 0.115. The van der Waals surface area contributed by atoms with Gasteiger partial charge in [0.2, 0.25) is 11.8 Å². The van der Waals surface area contributed by atoms with E-state index >= 15 is 0 Å². The summed E-state index contributed by atoms with van der Waals surface area (Å²) in [6.45, 7) is 3.59. The highest BCUT2D eigenvalue weighted by Gasteiger charge is 2.23. The van der Waals surface area contributed by atoms with Crippen molar-refractivity contribution in [3.63, 3.8) is 0 Å². The number of rotatable bonds is 4. The lowest BCUT2D eigenvalue weighted by Crippen LogP contribution is -2.49. The molecule has 6 heteroatoms. The molecule has 0 N–H and O–H groups in total.